The average Bonchev–Trinajstić information content (AvgIpc) is 2.75. The predicted octanol–water partition coefficient (Wildman–Crippen LogP) is 4.66. The van der Waals surface area contributed by atoms with Crippen LogP contribution in [0.2, 0.25) is 0 Å². The molecule has 0 aromatic heterocycles. The third kappa shape index (κ3) is 3.83. The normalized spacial score (nSPS) is 17.9. The molecule has 4 rings (SSSR count). The molecule has 1 aliphatic heterocycles. The number of rotatable bonds is 5. The lowest BCUT2D eigenvalue weighted by atomic mass is 9.84. The topological polar surface area (TPSA) is 49.4 Å². The summed E-state index contributed by atoms with van der Waals surface area (Å²) >= 11 is 0. The van der Waals surface area contributed by atoms with E-state index >= 15 is 0 Å². The van der Waals surface area contributed by atoms with Gasteiger partial charge in [-0.1, -0.05) is 66.7 Å². The zero-order chi connectivity index (χ0) is 21.1. The molecule has 3 aromatic carbocycles. The first-order chi connectivity index (χ1) is 14.5. The standard InChI is InChI=1S/C25H23FN2O2/c1-25(24(30)27-22-10-6-5-9-21(22)26)15-16-28(25)23(29)17-18-11-13-20(14-12-18)19-7-3-2-4-8-19/h2-14H,15-17H2,1H3,(H,27,30). The van der Waals surface area contributed by atoms with Crippen molar-refractivity contribution in [3.8, 4) is 11.1 Å². The number of hydrogen-bond donors (Lipinski definition) is 1. The number of halogens is 1. The van der Waals surface area contributed by atoms with Crippen molar-refractivity contribution in [2.75, 3.05) is 11.9 Å². The Labute approximate surface area is 175 Å². The Balaban J connectivity index is 1.42. The number of benzene rings is 3. The molecule has 4 nitrogen and oxygen atoms in total. The molecule has 1 N–H and O–H groups in total. The highest BCUT2D eigenvalue weighted by atomic mass is 19.1. The van der Waals surface area contributed by atoms with E-state index in [4.69, 9.17) is 0 Å². The van der Waals surface area contributed by atoms with Crippen LogP contribution in [0.25, 0.3) is 11.1 Å². The van der Waals surface area contributed by atoms with Crippen LogP contribution in [0.1, 0.15) is 18.9 Å². The van der Waals surface area contributed by atoms with E-state index in [0.717, 1.165) is 16.7 Å². The Kier molecular flexibility index (Phi) is 5.36. The molecule has 1 fully saturated rings. The molecule has 0 bridgehead atoms. The fourth-order valence-electron chi connectivity index (χ4n) is 3.73. The molecule has 1 saturated heterocycles. The monoisotopic (exact) mass is 402 g/mol. The Morgan fingerprint density at radius 2 is 1.57 bits per heavy atom. The molecule has 0 spiro atoms. The van der Waals surface area contributed by atoms with E-state index < -0.39 is 11.4 Å². The second-order valence-corrected chi connectivity index (χ2v) is 7.74. The molecule has 1 unspecified atom stereocenters. The second-order valence-electron chi connectivity index (χ2n) is 7.74. The number of likely N-dealkylation sites (tertiary alicyclic amines) is 1. The van der Waals surface area contributed by atoms with Crippen LogP contribution >= 0.6 is 0 Å². The Bertz CT molecular complexity index is 1070. The molecule has 0 radical (unpaired) electrons. The van der Waals surface area contributed by atoms with E-state index in [2.05, 4.69) is 5.32 Å². The number of amides is 2. The molecule has 0 aliphatic carbocycles. The summed E-state index contributed by atoms with van der Waals surface area (Å²) in [5, 5.41) is 2.62. The SMILES string of the molecule is CC1(C(=O)Nc2ccccc2F)CCN1C(=O)Cc1ccc(-c2ccccc2)cc1. The van der Waals surface area contributed by atoms with E-state index in [1.807, 2.05) is 54.6 Å². The van der Waals surface area contributed by atoms with E-state index in [-0.39, 0.29) is 23.9 Å². The van der Waals surface area contributed by atoms with Crippen molar-refractivity contribution in [2.24, 2.45) is 0 Å². The van der Waals surface area contributed by atoms with Crippen LogP contribution in [0, 0.1) is 5.82 Å². The zero-order valence-electron chi connectivity index (χ0n) is 16.8. The lowest BCUT2D eigenvalue weighted by Crippen LogP contribution is -2.66. The van der Waals surface area contributed by atoms with Crippen molar-refractivity contribution in [3.63, 3.8) is 0 Å². The van der Waals surface area contributed by atoms with Crippen molar-refractivity contribution >= 4 is 17.5 Å². The number of hydrogen-bond acceptors (Lipinski definition) is 2. The molecule has 5 heteroatoms. The first-order valence-electron chi connectivity index (χ1n) is 9.98. The molecule has 30 heavy (non-hydrogen) atoms. The van der Waals surface area contributed by atoms with Gasteiger partial charge in [0.25, 0.3) is 0 Å². The number of anilines is 1. The average molecular weight is 402 g/mol. The molecular formula is C25H23FN2O2. The Morgan fingerprint density at radius 3 is 2.20 bits per heavy atom. The van der Waals surface area contributed by atoms with Gasteiger partial charge < -0.3 is 10.2 Å². The van der Waals surface area contributed by atoms with Gasteiger partial charge in [0.2, 0.25) is 11.8 Å². The molecule has 1 atom stereocenters. The Hall–Kier alpha value is -3.47. The molecular weight excluding hydrogens is 379 g/mol. The summed E-state index contributed by atoms with van der Waals surface area (Å²) in [5.74, 6) is -0.975. The maximum Gasteiger partial charge on any atom is 0.250 e. The van der Waals surface area contributed by atoms with Crippen molar-refractivity contribution in [1.82, 2.24) is 4.90 Å². The van der Waals surface area contributed by atoms with Crippen LogP contribution in [-0.2, 0) is 16.0 Å². The molecule has 152 valence electrons. The number of nitrogens with one attached hydrogen (secondary N) is 1. The lowest BCUT2D eigenvalue weighted by Gasteiger charge is -2.49. The highest BCUT2D eigenvalue weighted by Gasteiger charge is 2.49. The largest absolute Gasteiger partial charge is 0.328 e. The zero-order valence-corrected chi connectivity index (χ0v) is 16.8. The van der Waals surface area contributed by atoms with Gasteiger partial charge in [-0.05, 0) is 42.2 Å². The van der Waals surface area contributed by atoms with Crippen LogP contribution in [0.4, 0.5) is 10.1 Å². The highest BCUT2D eigenvalue weighted by Crippen LogP contribution is 2.33. The minimum Gasteiger partial charge on any atom is -0.328 e. The summed E-state index contributed by atoms with van der Waals surface area (Å²) in [7, 11) is 0. The van der Waals surface area contributed by atoms with Crippen LogP contribution in [0.5, 0.6) is 0 Å². The van der Waals surface area contributed by atoms with Gasteiger partial charge in [-0.15, -0.1) is 0 Å². The number of carbonyl (C=O) groups excluding carboxylic acids is 2. The van der Waals surface area contributed by atoms with Crippen LogP contribution < -0.4 is 5.32 Å². The summed E-state index contributed by atoms with van der Waals surface area (Å²) in [6, 6.07) is 23.9. The maximum atomic E-state index is 13.9. The quantitative estimate of drug-likeness (QED) is 0.675. The smallest absolute Gasteiger partial charge is 0.250 e. The number of nitrogens with zero attached hydrogens (tertiary/aromatic N) is 1. The van der Waals surface area contributed by atoms with E-state index in [1.165, 1.54) is 12.1 Å². The van der Waals surface area contributed by atoms with Crippen molar-refractivity contribution in [2.45, 2.75) is 25.3 Å². The van der Waals surface area contributed by atoms with Gasteiger partial charge >= 0.3 is 0 Å². The van der Waals surface area contributed by atoms with Crippen LogP contribution in [0.3, 0.4) is 0 Å². The van der Waals surface area contributed by atoms with Crippen LogP contribution in [0.15, 0.2) is 78.9 Å². The maximum absolute atomic E-state index is 13.9. The van der Waals surface area contributed by atoms with Gasteiger partial charge in [0, 0.05) is 6.54 Å². The van der Waals surface area contributed by atoms with Gasteiger partial charge in [0.1, 0.15) is 11.4 Å². The first kappa shape index (κ1) is 19.8. The molecule has 1 aliphatic rings. The molecule has 0 saturated carbocycles. The summed E-state index contributed by atoms with van der Waals surface area (Å²) in [6.45, 7) is 2.24. The van der Waals surface area contributed by atoms with Gasteiger partial charge in [0.15, 0.2) is 0 Å². The first-order valence-corrected chi connectivity index (χ1v) is 9.98. The van der Waals surface area contributed by atoms with E-state index in [9.17, 15) is 14.0 Å². The summed E-state index contributed by atoms with van der Waals surface area (Å²) in [6.07, 6.45) is 0.767. The molecule has 3 aromatic rings. The number of para-hydroxylation sites is 1. The third-order valence-electron chi connectivity index (χ3n) is 5.75. The third-order valence-corrected chi connectivity index (χ3v) is 5.75. The van der Waals surface area contributed by atoms with Gasteiger partial charge in [0.05, 0.1) is 12.1 Å². The fourth-order valence-corrected chi connectivity index (χ4v) is 3.73. The Morgan fingerprint density at radius 1 is 0.933 bits per heavy atom. The van der Waals surface area contributed by atoms with Gasteiger partial charge in [-0.3, -0.25) is 9.59 Å². The molecule has 1 heterocycles. The van der Waals surface area contributed by atoms with E-state index in [0.29, 0.717) is 13.0 Å². The predicted molar refractivity (Wildman–Crippen MR) is 115 cm³/mol. The second kappa shape index (κ2) is 8.11. The summed E-state index contributed by atoms with van der Waals surface area (Å²) in [5.41, 5.74) is 2.26. The summed E-state index contributed by atoms with van der Waals surface area (Å²) in [4.78, 5) is 27.2. The minimum atomic E-state index is -0.969. The van der Waals surface area contributed by atoms with Gasteiger partial charge in [-0.25, -0.2) is 4.39 Å². The van der Waals surface area contributed by atoms with E-state index in [1.54, 1.807) is 24.0 Å². The molecule has 2 amide bonds. The van der Waals surface area contributed by atoms with Crippen molar-refractivity contribution in [3.05, 3.63) is 90.2 Å². The fraction of sp³-hybridized carbons (Fsp3) is 0.200. The highest BCUT2D eigenvalue weighted by molar-refractivity contribution is 6.01. The number of carbonyl (C=O) groups is 2. The minimum absolute atomic E-state index is 0.111. The van der Waals surface area contributed by atoms with Crippen LogP contribution in [-0.4, -0.2) is 28.8 Å². The van der Waals surface area contributed by atoms with Gasteiger partial charge in [-0.2, -0.15) is 0 Å². The summed E-state index contributed by atoms with van der Waals surface area (Å²) < 4.78 is 13.9. The lowest BCUT2D eigenvalue weighted by molar-refractivity contribution is -0.154. The van der Waals surface area contributed by atoms with Crippen molar-refractivity contribution < 1.29 is 14.0 Å². The van der Waals surface area contributed by atoms with Crippen molar-refractivity contribution in [1.29, 1.82) is 0 Å².